The summed E-state index contributed by atoms with van der Waals surface area (Å²) in [6, 6.07) is 8.08. The molecule has 20 heavy (non-hydrogen) atoms. The van der Waals surface area contributed by atoms with Crippen molar-refractivity contribution in [2.24, 2.45) is 5.92 Å². The van der Waals surface area contributed by atoms with Gasteiger partial charge in [0, 0.05) is 19.5 Å². The Hall–Kier alpha value is -1.55. The minimum atomic E-state index is 0.0937. The third-order valence-electron chi connectivity index (χ3n) is 2.84. The van der Waals surface area contributed by atoms with Gasteiger partial charge in [0.25, 0.3) is 0 Å². The maximum absolute atomic E-state index is 11.4. The summed E-state index contributed by atoms with van der Waals surface area (Å²) in [5, 5.41) is 5.87. The fourth-order valence-corrected chi connectivity index (χ4v) is 1.69. The zero-order chi connectivity index (χ0) is 14.8. The third kappa shape index (κ3) is 7.14. The Morgan fingerprint density at radius 1 is 1.20 bits per heavy atom. The van der Waals surface area contributed by atoms with E-state index in [-0.39, 0.29) is 5.91 Å². The topological polar surface area (TPSA) is 50.4 Å². The highest BCUT2D eigenvalue weighted by Crippen LogP contribution is 2.13. The Morgan fingerprint density at radius 2 is 1.90 bits per heavy atom. The molecule has 0 spiro atoms. The second kappa shape index (κ2) is 9.37. The van der Waals surface area contributed by atoms with Crippen molar-refractivity contribution in [1.29, 1.82) is 0 Å². The van der Waals surface area contributed by atoms with Crippen molar-refractivity contribution in [3.63, 3.8) is 0 Å². The lowest BCUT2D eigenvalue weighted by atomic mass is 10.1. The van der Waals surface area contributed by atoms with Crippen molar-refractivity contribution in [3.8, 4) is 5.75 Å². The molecule has 0 atom stereocenters. The first-order valence-electron chi connectivity index (χ1n) is 7.25. The van der Waals surface area contributed by atoms with Crippen LogP contribution in [-0.4, -0.2) is 32.7 Å². The van der Waals surface area contributed by atoms with Crippen LogP contribution in [0.4, 0.5) is 0 Å². The first-order valence-corrected chi connectivity index (χ1v) is 7.25. The summed E-state index contributed by atoms with van der Waals surface area (Å²) in [6.45, 7) is 6.39. The predicted octanol–water partition coefficient (Wildman–Crippen LogP) is 1.99. The molecular weight excluding hydrogens is 252 g/mol. The van der Waals surface area contributed by atoms with Gasteiger partial charge < -0.3 is 15.4 Å². The van der Waals surface area contributed by atoms with Gasteiger partial charge >= 0.3 is 0 Å². The maximum atomic E-state index is 11.4. The van der Waals surface area contributed by atoms with Crippen LogP contribution in [0.3, 0.4) is 0 Å². The van der Waals surface area contributed by atoms with Crippen molar-refractivity contribution >= 4 is 5.91 Å². The fourth-order valence-electron chi connectivity index (χ4n) is 1.69. The van der Waals surface area contributed by atoms with Crippen molar-refractivity contribution in [3.05, 3.63) is 29.8 Å². The van der Waals surface area contributed by atoms with Gasteiger partial charge in [0.2, 0.25) is 5.91 Å². The lowest BCUT2D eigenvalue weighted by Gasteiger charge is -2.09. The van der Waals surface area contributed by atoms with Gasteiger partial charge in [0.1, 0.15) is 5.75 Å². The summed E-state index contributed by atoms with van der Waals surface area (Å²) < 4.78 is 5.63. The van der Waals surface area contributed by atoms with E-state index in [2.05, 4.69) is 36.6 Å². The minimum absolute atomic E-state index is 0.0937. The minimum Gasteiger partial charge on any atom is -0.493 e. The van der Waals surface area contributed by atoms with E-state index >= 15 is 0 Å². The molecule has 0 radical (unpaired) electrons. The zero-order valence-corrected chi connectivity index (χ0v) is 12.7. The lowest BCUT2D eigenvalue weighted by molar-refractivity contribution is -0.120. The molecule has 0 aromatic heterocycles. The summed E-state index contributed by atoms with van der Waals surface area (Å²) in [5.74, 6) is 1.53. The summed E-state index contributed by atoms with van der Waals surface area (Å²) >= 11 is 0. The van der Waals surface area contributed by atoms with E-state index in [1.54, 1.807) is 0 Å². The highest BCUT2D eigenvalue weighted by molar-refractivity contribution is 5.76. The largest absolute Gasteiger partial charge is 0.493 e. The van der Waals surface area contributed by atoms with Crippen LogP contribution < -0.4 is 15.4 Å². The van der Waals surface area contributed by atoms with Gasteiger partial charge in [-0.2, -0.15) is 0 Å². The number of hydrogen-bond donors (Lipinski definition) is 2. The predicted molar refractivity (Wildman–Crippen MR) is 82.0 cm³/mol. The molecule has 1 rings (SSSR count). The molecule has 0 unspecified atom stereocenters. The van der Waals surface area contributed by atoms with E-state index < -0.39 is 0 Å². The monoisotopic (exact) mass is 278 g/mol. The Balaban J connectivity index is 2.26. The first kappa shape index (κ1) is 16.5. The average molecular weight is 278 g/mol. The van der Waals surface area contributed by atoms with Gasteiger partial charge in [-0.3, -0.25) is 4.79 Å². The van der Waals surface area contributed by atoms with Crippen LogP contribution in [0.15, 0.2) is 24.3 Å². The Labute approximate surface area is 121 Å². The van der Waals surface area contributed by atoms with Crippen LogP contribution in [0.25, 0.3) is 0 Å². The number of carbonyl (C=O) groups is 1. The van der Waals surface area contributed by atoms with E-state index in [9.17, 15) is 4.79 Å². The SMILES string of the molecule is CNCCC(=O)NCCc1ccc(OCC(C)C)cc1. The van der Waals surface area contributed by atoms with Crippen LogP contribution in [-0.2, 0) is 11.2 Å². The number of hydrogen-bond acceptors (Lipinski definition) is 3. The first-order chi connectivity index (χ1) is 9.61. The molecular formula is C16H26N2O2. The Morgan fingerprint density at radius 3 is 2.50 bits per heavy atom. The molecule has 112 valence electrons. The molecule has 0 saturated heterocycles. The molecule has 0 fully saturated rings. The molecule has 4 nitrogen and oxygen atoms in total. The van der Waals surface area contributed by atoms with Crippen LogP contribution in [0, 0.1) is 5.92 Å². The zero-order valence-electron chi connectivity index (χ0n) is 12.7. The van der Waals surface area contributed by atoms with E-state index in [4.69, 9.17) is 4.74 Å². The maximum Gasteiger partial charge on any atom is 0.221 e. The van der Waals surface area contributed by atoms with E-state index in [0.29, 0.717) is 25.4 Å². The molecule has 4 heteroatoms. The number of rotatable bonds is 9. The Kier molecular flexibility index (Phi) is 7.73. The van der Waals surface area contributed by atoms with Gasteiger partial charge in [-0.25, -0.2) is 0 Å². The second-order valence-corrected chi connectivity index (χ2v) is 5.30. The molecule has 0 aliphatic carbocycles. The van der Waals surface area contributed by atoms with Crippen LogP contribution in [0.2, 0.25) is 0 Å². The van der Waals surface area contributed by atoms with Gasteiger partial charge in [-0.15, -0.1) is 0 Å². The molecule has 1 amide bonds. The summed E-state index contributed by atoms with van der Waals surface area (Å²) in [5.41, 5.74) is 1.20. The standard InChI is InChI=1S/C16H26N2O2/c1-13(2)12-20-15-6-4-14(5-7-15)8-11-18-16(19)9-10-17-3/h4-7,13,17H,8-12H2,1-3H3,(H,18,19). The highest BCUT2D eigenvalue weighted by Gasteiger charge is 2.01. The number of ether oxygens (including phenoxy) is 1. The van der Waals surface area contributed by atoms with Gasteiger partial charge in [0.15, 0.2) is 0 Å². The summed E-state index contributed by atoms with van der Waals surface area (Å²) in [4.78, 5) is 11.4. The number of benzene rings is 1. The smallest absolute Gasteiger partial charge is 0.221 e. The number of carbonyl (C=O) groups excluding carboxylic acids is 1. The molecule has 0 heterocycles. The molecule has 2 N–H and O–H groups in total. The third-order valence-corrected chi connectivity index (χ3v) is 2.84. The molecule has 0 aliphatic rings. The molecule has 1 aromatic carbocycles. The molecule has 0 aliphatic heterocycles. The van der Waals surface area contributed by atoms with Gasteiger partial charge in [-0.05, 0) is 37.1 Å². The molecule has 0 bridgehead atoms. The molecule has 1 aromatic rings. The lowest BCUT2D eigenvalue weighted by Crippen LogP contribution is -2.28. The Bertz CT molecular complexity index is 388. The average Bonchev–Trinajstić information content (AvgIpc) is 2.44. The quantitative estimate of drug-likeness (QED) is 0.726. The number of amides is 1. The van der Waals surface area contributed by atoms with Crippen molar-refractivity contribution < 1.29 is 9.53 Å². The summed E-state index contributed by atoms with van der Waals surface area (Å²) in [7, 11) is 1.84. The van der Waals surface area contributed by atoms with E-state index in [1.165, 1.54) is 5.56 Å². The normalized spacial score (nSPS) is 10.6. The number of nitrogens with one attached hydrogen (secondary N) is 2. The van der Waals surface area contributed by atoms with Gasteiger partial charge in [0.05, 0.1) is 6.61 Å². The van der Waals surface area contributed by atoms with Crippen molar-refractivity contribution in [2.45, 2.75) is 26.7 Å². The van der Waals surface area contributed by atoms with Crippen LogP contribution in [0.5, 0.6) is 5.75 Å². The van der Waals surface area contributed by atoms with Crippen LogP contribution in [0.1, 0.15) is 25.8 Å². The fraction of sp³-hybridized carbons (Fsp3) is 0.562. The van der Waals surface area contributed by atoms with Crippen LogP contribution >= 0.6 is 0 Å². The van der Waals surface area contributed by atoms with Gasteiger partial charge in [-0.1, -0.05) is 26.0 Å². The van der Waals surface area contributed by atoms with E-state index in [0.717, 1.165) is 18.8 Å². The molecule has 0 saturated carbocycles. The van der Waals surface area contributed by atoms with E-state index in [1.807, 2.05) is 19.2 Å². The van der Waals surface area contributed by atoms with Crippen molar-refractivity contribution in [2.75, 3.05) is 26.7 Å². The summed E-state index contributed by atoms with van der Waals surface area (Å²) in [6.07, 6.45) is 1.37. The van der Waals surface area contributed by atoms with Crippen molar-refractivity contribution in [1.82, 2.24) is 10.6 Å². The highest BCUT2D eigenvalue weighted by atomic mass is 16.5. The second-order valence-electron chi connectivity index (χ2n) is 5.30.